The Morgan fingerprint density at radius 1 is 1.11 bits per heavy atom. The molecule has 1 aliphatic carbocycles. The second-order valence-electron chi connectivity index (χ2n) is 7.00. The number of carbonyl (C=O) groups excluding carboxylic acids is 2. The summed E-state index contributed by atoms with van der Waals surface area (Å²) >= 11 is 0. The molecule has 144 valence electrons. The van der Waals surface area contributed by atoms with Crippen LogP contribution in [0.1, 0.15) is 28.7 Å². The first kappa shape index (κ1) is 18.1. The molecule has 0 radical (unpaired) electrons. The van der Waals surface area contributed by atoms with Gasteiger partial charge in [0, 0.05) is 23.2 Å². The SMILES string of the molecule is COC(=O)Nc1ccc(CNC(=O)Cc2coc3cc4c(cc23)CCC4)cc1. The number of nitrogens with one attached hydrogen (secondary N) is 2. The van der Waals surface area contributed by atoms with Gasteiger partial charge in [0.25, 0.3) is 0 Å². The maximum atomic E-state index is 12.4. The van der Waals surface area contributed by atoms with E-state index in [1.54, 1.807) is 18.4 Å². The Kier molecular flexibility index (Phi) is 5.02. The largest absolute Gasteiger partial charge is 0.464 e. The molecule has 1 aliphatic rings. The lowest BCUT2D eigenvalue weighted by atomic mass is 10.0. The van der Waals surface area contributed by atoms with Gasteiger partial charge in [-0.05, 0) is 60.2 Å². The number of amides is 2. The van der Waals surface area contributed by atoms with Crippen LogP contribution in [0.4, 0.5) is 10.5 Å². The van der Waals surface area contributed by atoms with Gasteiger partial charge in [0.1, 0.15) is 5.58 Å². The maximum absolute atomic E-state index is 12.4. The monoisotopic (exact) mass is 378 g/mol. The zero-order valence-corrected chi connectivity index (χ0v) is 15.7. The van der Waals surface area contributed by atoms with Gasteiger partial charge in [-0.25, -0.2) is 4.79 Å². The molecule has 0 saturated carbocycles. The Morgan fingerprint density at radius 2 is 1.86 bits per heavy atom. The van der Waals surface area contributed by atoms with Crippen LogP contribution in [0.15, 0.2) is 47.1 Å². The van der Waals surface area contributed by atoms with Crippen LogP contribution >= 0.6 is 0 Å². The summed E-state index contributed by atoms with van der Waals surface area (Å²) in [7, 11) is 1.32. The summed E-state index contributed by atoms with van der Waals surface area (Å²) in [6.07, 6.45) is 4.85. The molecule has 2 aromatic carbocycles. The number of anilines is 1. The van der Waals surface area contributed by atoms with E-state index < -0.39 is 6.09 Å². The minimum atomic E-state index is -0.515. The average Bonchev–Trinajstić information content (AvgIpc) is 3.32. The molecule has 0 bridgehead atoms. The molecular weight excluding hydrogens is 356 g/mol. The van der Waals surface area contributed by atoms with E-state index in [0.717, 1.165) is 34.9 Å². The minimum absolute atomic E-state index is 0.0556. The Morgan fingerprint density at radius 3 is 2.61 bits per heavy atom. The smallest absolute Gasteiger partial charge is 0.411 e. The van der Waals surface area contributed by atoms with Crippen molar-refractivity contribution in [2.75, 3.05) is 12.4 Å². The molecule has 6 nitrogen and oxygen atoms in total. The molecule has 0 atom stereocenters. The lowest BCUT2D eigenvalue weighted by Gasteiger charge is -2.07. The first-order chi connectivity index (χ1) is 13.6. The molecule has 6 heteroatoms. The van der Waals surface area contributed by atoms with Crippen LogP contribution in [0.5, 0.6) is 0 Å². The van der Waals surface area contributed by atoms with Crippen molar-refractivity contribution in [3.63, 3.8) is 0 Å². The second kappa shape index (κ2) is 7.76. The highest BCUT2D eigenvalue weighted by molar-refractivity contribution is 5.88. The van der Waals surface area contributed by atoms with Gasteiger partial charge in [-0.15, -0.1) is 0 Å². The normalized spacial score (nSPS) is 12.6. The number of fused-ring (bicyclic) bond motifs is 2. The van der Waals surface area contributed by atoms with E-state index in [0.29, 0.717) is 12.2 Å². The molecule has 1 aromatic heterocycles. The molecule has 0 spiro atoms. The molecule has 0 unspecified atom stereocenters. The summed E-state index contributed by atoms with van der Waals surface area (Å²) in [5.41, 5.74) is 6.09. The Balaban J connectivity index is 1.36. The van der Waals surface area contributed by atoms with Gasteiger partial charge >= 0.3 is 6.09 Å². The van der Waals surface area contributed by atoms with Gasteiger partial charge in [-0.2, -0.15) is 0 Å². The number of ether oxygens (including phenoxy) is 1. The second-order valence-corrected chi connectivity index (χ2v) is 7.00. The summed E-state index contributed by atoms with van der Waals surface area (Å²) in [6, 6.07) is 11.5. The number of aryl methyl sites for hydroxylation is 2. The summed E-state index contributed by atoms with van der Waals surface area (Å²) in [6.45, 7) is 0.419. The lowest BCUT2D eigenvalue weighted by Crippen LogP contribution is -2.24. The number of hydrogen-bond donors (Lipinski definition) is 2. The van der Waals surface area contributed by atoms with Crippen molar-refractivity contribution in [3.8, 4) is 0 Å². The van der Waals surface area contributed by atoms with Crippen LogP contribution in [0, 0.1) is 0 Å². The minimum Gasteiger partial charge on any atom is -0.464 e. The van der Waals surface area contributed by atoms with E-state index in [1.165, 1.54) is 24.7 Å². The summed E-state index contributed by atoms with van der Waals surface area (Å²) < 4.78 is 10.2. The summed E-state index contributed by atoms with van der Waals surface area (Å²) in [5.74, 6) is -0.0556. The van der Waals surface area contributed by atoms with Crippen LogP contribution in [-0.2, 0) is 35.3 Å². The van der Waals surface area contributed by atoms with Crippen LogP contribution < -0.4 is 10.6 Å². The molecule has 0 saturated heterocycles. The van der Waals surface area contributed by atoms with Crippen molar-refractivity contribution in [1.29, 1.82) is 0 Å². The predicted octanol–water partition coefficient (Wildman–Crippen LogP) is 3.96. The van der Waals surface area contributed by atoms with Gasteiger partial charge in [-0.1, -0.05) is 12.1 Å². The van der Waals surface area contributed by atoms with Crippen molar-refractivity contribution >= 4 is 28.7 Å². The van der Waals surface area contributed by atoms with Crippen LogP contribution in [-0.4, -0.2) is 19.1 Å². The maximum Gasteiger partial charge on any atom is 0.411 e. The van der Waals surface area contributed by atoms with E-state index in [9.17, 15) is 9.59 Å². The van der Waals surface area contributed by atoms with Crippen LogP contribution in [0.2, 0.25) is 0 Å². The van der Waals surface area contributed by atoms with Crippen molar-refractivity contribution in [3.05, 3.63) is 64.9 Å². The number of methoxy groups -OCH3 is 1. The zero-order chi connectivity index (χ0) is 19.5. The average molecular weight is 378 g/mol. The molecule has 0 fully saturated rings. The molecule has 28 heavy (non-hydrogen) atoms. The third kappa shape index (κ3) is 3.86. The van der Waals surface area contributed by atoms with Crippen molar-refractivity contribution < 1.29 is 18.7 Å². The third-order valence-electron chi connectivity index (χ3n) is 5.09. The number of hydrogen-bond acceptors (Lipinski definition) is 4. The van der Waals surface area contributed by atoms with Gasteiger partial charge in [0.2, 0.25) is 5.91 Å². The fourth-order valence-electron chi connectivity index (χ4n) is 3.60. The van der Waals surface area contributed by atoms with Gasteiger partial charge in [0.05, 0.1) is 19.8 Å². The van der Waals surface area contributed by atoms with Crippen molar-refractivity contribution in [2.45, 2.75) is 32.2 Å². The topological polar surface area (TPSA) is 80.6 Å². The van der Waals surface area contributed by atoms with E-state index >= 15 is 0 Å². The fourth-order valence-corrected chi connectivity index (χ4v) is 3.60. The van der Waals surface area contributed by atoms with E-state index in [4.69, 9.17) is 4.42 Å². The Labute approximate surface area is 162 Å². The first-order valence-electron chi connectivity index (χ1n) is 9.35. The molecule has 0 aliphatic heterocycles. The van der Waals surface area contributed by atoms with E-state index in [1.807, 2.05) is 12.1 Å². The molecule has 4 rings (SSSR count). The van der Waals surface area contributed by atoms with Crippen LogP contribution in [0.3, 0.4) is 0 Å². The molecular formula is C22H22N2O4. The van der Waals surface area contributed by atoms with Gasteiger partial charge < -0.3 is 14.5 Å². The first-order valence-corrected chi connectivity index (χ1v) is 9.35. The molecule has 1 heterocycles. The number of benzene rings is 2. The zero-order valence-electron chi connectivity index (χ0n) is 15.7. The van der Waals surface area contributed by atoms with E-state index in [-0.39, 0.29) is 12.3 Å². The Hall–Kier alpha value is -3.28. The summed E-state index contributed by atoms with van der Waals surface area (Å²) in [4.78, 5) is 23.6. The molecule has 3 aromatic rings. The third-order valence-corrected chi connectivity index (χ3v) is 5.09. The summed E-state index contributed by atoms with van der Waals surface area (Å²) in [5, 5.41) is 6.56. The van der Waals surface area contributed by atoms with Crippen molar-refractivity contribution in [1.82, 2.24) is 5.32 Å². The Bertz CT molecular complexity index is 1020. The molecule has 2 N–H and O–H groups in total. The van der Waals surface area contributed by atoms with Gasteiger partial charge in [-0.3, -0.25) is 10.1 Å². The number of furan rings is 1. The van der Waals surface area contributed by atoms with Crippen molar-refractivity contribution in [2.24, 2.45) is 0 Å². The lowest BCUT2D eigenvalue weighted by molar-refractivity contribution is -0.120. The highest BCUT2D eigenvalue weighted by atomic mass is 16.5. The highest BCUT2D eigenvalue weighted by Gasteiger charge is 2.16. The standard InChI is InChI=1S/C22H22N2O4/c1-27-22(26)24-18-7-5-14(6-8-18)12-23-21(25)11-17-13-28-20-10-16-4-2-3-15(16)9-19(17)20/h5-10,13H,2-4,11-12H2,1H3,(H,23,25)(H,24,26). The predicted molar refractivity (Wildman–Crippen MR) is 106 cm³/mol. The quantitative estimate of drug-likeness (QED) is 0.704. The number of carbonyl (C=O) groups is 2. The van der Waals surface area contributed by atoms with Gasteiger partial charge in [0.15, 0.2) is 0 Å². The number of rotatable bonds is 5. The fraction of sp³-hybridized carbons (Fsp3) is 0.273. The molecule has 2 amide bonds. The van der Waals surface area contributed by atoms with E-state index in [2.05, 4.69) is 27.5 Å². The highest BCUT2D eigenvalue weighted by Crippen LogP contribution is 2.30. The van der Waals surface area contributed by atoms with Crippen LogP contribution in [0.25, 0.3) is 11.0 Å².